The smallest absolute Gasteiger partial charge is 0.201 e. The van der Waals surface area contributed by atoms with Gasteiger partial charge in [0, 0.05) is 12.3 Å². The SMILES string of the molecule is COc1ccc2cc([C@@H]3O[C@@H]4O[C@]5(C)CC[C@H]6[C@H](C)CC[C@@H]([C@H]3C)[C@@]46OO5)ccc2c1. The number of fused-ring (bicyclic) bond motifs is 3. The molecule has 8 atom stereocenters. The lowest BCUT2D eigenvalue weighted by molar-refractivity contribution is -0.571. The summed E-state index contributed by atoms with van der Waals surface area (Å²) in [6.07, 6.45) is 3.80. The second kappa shape index (κ2) is 6.92. The first-order chi connectivity index (χ1) is 14.9. The van der Waals surface area contributed by atoms with Gasteiger partial charge in [0.25, 0.3) is 0 Å². The Balaban J connectivity index is 1.40. The van der Waals surface area contributed by atoms with E-state index in [1.54, 1.807) is 7.11 Å². The van der Waals surface area contributed by atoms with Gasteiger partial charge in [-0.1, -0.05) is 32.0 Å². The van der Waals surface area contributed by atoms with Crippen molar-refractivity contribution in [3.63, 3.8) is 0 Å². The van der Waals surface area contributed by atoms with E-state index in [2.05, 4.69) is 44.2 Å². The van der Waals surface area contributed by atoms with E-state index in [1.165, 1.54) is 22.8 Å². The van der Waals surface area contributed by atoms with Gasteiger partial charge in [0.05, 0.1) is 13.2 Å². The van der Waals surface area contributed by atoms with Crippen molar-refractivity contribution in [3.05, 3.63) is 42.0 Å². The van der Waals surface area contributed by atoms with E-state index in [9.17, 15) is 0 Å². The fourth-order valence-corrected chi connectivity index (χ4v) is 6.83. The molecule has 0 amide bonds. The Kier molecular flexibility index (Phi) is 4.46. The maximum atomic E-state index is 6.79. The predicted molar refractivity (Wildman–Crippen MR) is 116 cm³/mol. The Morgan fingerprint density at radius 1 is 0.935 bits per heavy atom. The largest absolute Gasteiger partial charge is 0.497 e. The summed E-state index contributed by atoms with van der Waals surface area (Å²) in [4.78, 5) is 12.2. The van der Waals surface area contributed by atoms with Gasteiger partial charge in [-0.3, -0.25) is 0 Å². The monoisotopic (exact) mass is 424 g/mol. The van der Waals surface area contributed by atoms with Crippen LogP contribution in [0.15, 0.2) is 36.4 Å². The molecule has 4 aliphatic heterocycles. The van der Waals surface area contributed by atoms with Crippen LogP contribution in [0.2, 0.25) is 0 Å². The van der Waals surface area contributed by atoms with Crippen LogP contribution in [0.1, 0.15) is 58.1 Å². The zero-order valence-electron chi connectivity index (χ0n) is 18.8. The minimum Gasteiger partial charge on any atom is -0.497 e. The lowest BCUT2D eigenvalue weighted by atomic mass is 9.57. The summed E-state index contributed by atoms with van der Waals surface area (Å²) in [6.45, 7) is 6.65. The number of hydrogen-bond donors (Lipinski definition) is 0. The van der Waals surface area contributed by atoms with E-state index in [1.807, 2.05) is 13.0 Å². The average Bonchev–Trinajstić information content (AvgIpc) is 3.01. The molecule has 166 valence electrons. The Morgan fingerprint density at radius 3 is 2.58 bits per heavy atom. The number of methoxy groups -OCH3 is 1. The highest BCUT2D eigenvalue weighted by atomic mass is 17.3. The summed E-state index contributed by atoms with van der Waals surface area (Å²) < 4.78 is 18.7. The second-order valence-electron chi connectivity index (χ2n) is 10.3. The second-order valence-corrected chi connectivity index (χ2v) is 10.3. The molecule has 1 saturated carbocycles. The molecular formula is C26H32O5. The minimum absolute atomic E-state index is 0.0345. The molecule has 1 spiro atoms. The summed E-state index contributed by atoms with van der Waals surface area (Å²) in [5.41, 5.74) is 0.693. The first kappa shape index (κ1) is 20.0. The molecule has 31 heavy (non-hydrogen) atoms. The molecule has 5 nitrogen and oxygen atoms in total. The Bertz CT molecular complexity index is 1010. The van der Waals surface area contributed by atoms with Crippen molar-refractivity contribution in [2.75, 3.05) is 7.11 Å². The van der Waals surface area contributed by atoms with Crippen LogP contribution in [0.5, 0.6) is 5.75 Å². The molecule has 1 aliphatic carbocycles. The van der Waals surface area contributed by atoms with E-state index in [-0.39, 0.29) is 6.10 Å². The van der Waals surface area contributed by atoms with Crippen molar-refractivity contribution in [1.29, 1.82) is 0 Å². The van der Waals surface area contributed by atoms with Gasteiger partial charge in [-0.2, -0.15) is 0 Å². The first-order valence-corrected chi connectivity index (χ1v) is 11.7. The van der Waals surface area contributed by atoms with Crippen molar-refractivity contribution in [1.82, 2.24) is 0 Å². The van der Waals surface area contributed by atoms with Crippen molar-refractivity contribution in [2.45, 2.75) is 70.2 Å². The van der Waals surface area contributed by atoms with Crippen LogP contribution >= 0.6 is 0 Å². The topological polar surface area (TPSA) is 46.2 Å². The van der Waals surface area contributed by atoms with E-state index in [0.29, 0.717) is 23.7 Å². The van der Waals surface area contributed by atoms with Crippen LogP contribution in [-0.2, 0) is 19.2 Å². The highest BCUT2D eigenvalue weighted by molar-refractivity contribution is 5.84. The van der Waals surface area contributed by atoms with E-state index in [4.69, 9.17) is 24.0 Å². The fourth-order valence-electron chi connectivity index (χ4n) is 6.83. The van der Waals surface area contributed by atoms with E-state index < -0.39 is 17.7 Å². The van der Waals surface area contributed by atoms with Gasteiger partial charge < -0.3 is 14.2 Å². The van der Waals surface area contributed by atoms with Gasteiger partial charge in [0.1, 0.15) is 5.75 Å². The van der Waals surface area contributed by atoms with Gasteiger partial charge in [0.15, 0.2) is 11.9 Å². The zero-order chi connectivity index (χ0) is 21.4. The van der Waals surface area contributed by atoms with Crippen molar-refractivity contribution in [3.8, 4) is 5.75 Å². The fraction of sp³-hybridized carbons (Fsp3) is 0.615. The van der Waals surface area contributed by atoms with Crippen LogP contribution in [0.4, 0.5) is 0 Å². The summed E-state index contributed by atoms with van der Waals surface area (Å²) >= 11 is 0. The lowest BCUT2D eigenvalue weighted by Crippen LogP contribution is -2.69. The third kappa shape index (κ3) is 2.83. The molecule has 7 rings (SSSR count). The maximum absolute atomic E-state index is 6.79. The van der Waals surface area contributed by atoms with Crippen LogP contribution < -0.4 is 4.74 Å². The highest BCUT2D eigenvalue weighted by Crippen LogP contribution is 2.62. The van der Waals surface area contributed by atoms with E-state index >= 15 is 0 Å². The highest BCUT2D eigenvalue weighted by Gasteiger charge is 2.69. The molecule has 5 heteroatoms. The van der Waals surface area contributed by atoms with Gasteiger partial charge >= 0.3 is 0 Å². The van der Waals surface area contributed by atoms with Crippen LogP contribution in [0.3, 0.4) is 0 Å². The maximum Gasteiger partial charge on any atom is 0.201 e. The zero-order valence-corrected chi connectivity index (χ0v) is 18.8. The van der Waals surface area contributed by atoms with E-state index in [0.717, 1.165) is 25.0 Å². The van der Waals surface area contributed by atoms with Crippen molar-refractivity contribution >= 4 is 10.8 Å². The molecule has 5 aliphatic rings. The van der Waals surface area contributed by atoms with Crippen LogP contribution in [0, 0.1) is 23.7 Å². The summed E-state index contributed by atoms with van der Waals surface area (Å²) in [6, 6.07) is 12.8. The molecule has 5 fully saturated rings. The van der Waals surface area contributed by atoms with Crippen molar-refractivity contribution in [2.24, 2.45) is 23.7 Å². The number of benzene rings is 2. The summed E-state index contributed by atoms with van der Waals surface area (Å²) in [7, 11) is 1.70. The summed E-state index contributed by atoms with van der Waals surface area (Å²) in [5, 5.41) is 2.36. The predicted octanol–water partition coefficient (Wildman–Crippen LogP) is 5.77. The Morgan fingerprint density at radius 2 is 1.74 bits per heavy atom. The quantitative estimate of drug-likeness (QED) is 0.573. The standard InChI is InChI=1S/C26H32O5/c1-15-5-10-22-16(2)23(19-7-6-18-14-20(27-4)9-8-17(18)13-19)28-24-26(22)21(15)11-12-25(3,29-24)30-31-26/h6-9,13-16,21-24H,5,10-12H2,1-4H3/t15-,16-,21+,22+,23-,24-,25+,26-/m1/s1. The molecule has 2 bridgehead atoms. The Hall–Kier alpha value is -1.66. The first-order valence-electron chi connectivity index (χ1n) is 11.7. The number of ether oxygens (including phenoxy) is 3. The molecule has 2 aromatic carbocycles. The number of hydrogen-bond acceptors (Lipinski definition) is 5. The van der Waals surface area contributed by atoms with Gasteiger partial charge in [-0.05, 0) is 78.5 Å². The third-order valence-electron chi connectivity index (χ3n) is 8.56. The third-order valence-corrected chi connectivity index (χ3v) is 8.56. The van der Waals surface area contributed by atoms with Crippen molar-refractivity contribution < 1.29 is 24.0 Å². The molecule has 2 aromatic rings. The molecule has 4 saturated heterocycles. The minimum atomic E-state index is -0.734. The molecule has 4 heterocycles. The average molecular weight is 425 g/mol. The molecule has 0 radical (unpaired) electrons. The lowest BCUT2D eigenvalue weighted by Gasteiger charge is -2.60. The molecular weight excluding hydrogens is 392 g/mol. The van der Waals surface area contributed by atoms with Gasteiger partial charge in [-0.25, -0.2) is 9.78 Å². The van der Waals surface area contributed by atoms with Crippen LogP contribution in [0.25, 0.3) is 10.8 Å². The molecule has 0 N–H and O–H groups in total. The molecule has 0 aromatic heterocycles. The van der Waals surface area contributed by atoms with Gasteiger partial charge in [0.2, 0.25) is 5.79 Å². The molecule has 0 unspecified atom stereocenters. The number of rotatable bonds is 2. The normalized spacial score (nSPS) is 44.0. The summed E-state index contributed by atoms with van der Waals surface area (Å²) in [5.74, 6) is 1.76. The Labute approximate surface area is 183 Å². The van der Waals surface area contributed by atoms with Gasteiger partial charge in [-0.15, -0.1) is 0 Å². The van der Waals surface area contributed by atoms with Crippen LogP contribution in [-0.4, -0.2) is 24.8 Å².